The summed E-state index contributed by atoms with van der Waals surface area (Å²) < 4.78 is 2.57. The van der Waals surface area contributed by atoms with Crippen molar-refractivity contribution < 1.29 is 0 Å². The summed E-state index contributed by atoms with van der Waals surface area (Å²) in [6.45, 7) is 4.66. The molecule has 10 rings (SSSR count). The van der Waals surface area contributed by atoms with E-state index in [1.165, 1.54) is 98.4 Å². The van der Waals surface area contributed by atoms with Crippen molar-refractivity contribution in [2.75, 3.05) is 0 Å². The van der Waals surface area contributed by atoms with Crippen LogP contribution in [0, 0.1) is 5.92 Å². The normalized spacial score (nSPS) is 12.0. The Kier molecular flexibility index (Phi) is 6.82. The number of hydrogen-bond acceptors (Lipinski definition) is 0. The second kappa shape index (κ2) is 11.7. The molecule has 1 nitrogen and oxygen atoms in total. The van der Waals surface area contributed by atoms with Crippen LogP contribution in [0.5, 0.6) is 0 Å². The van der Waals surface area contributed by atoms with Gasteiger partial charge in [-0.15, -0.1) is 0 Å². The van der Waals surface area contributed by atoms with Crippen LogP contribution >= 0.6 is 0 Å². The van der Waals surface area contributed by atoms with E-state index in [1.54, 1.807) is 0 Å². The Morgan fingerprint density at radius 2 is 0.922 bits per heavy atom. The number of benzene rings is 9. The summed E-state index contributed by atoms with van der Waals surface area (Å²) >= 11 is 0. The quantitative estimate of drug-likeness (QED) is 0.163. The highest BCUT2D eigenvalue weighted by Gasteiger charge is 2.22. The molecule has 0 saturated heterocycles. The van der Waals surface area contributed by atoms with E-state index in [1.807, 2.05) is 0 Å². The Bertz CT molecular complexity index is 2890. The molecule has 0 spiro atoms. The molecule has 0 atom stereocenters. The van der Waals surface area contributed by atoms with Gasteiger partial charge in [0.05, 0.1) is 11.0 Å². The van der Waals surface area contributed by atoms with Crippen LogP contribution in [0.3, 0.4) is 0 Å². The van der Waals surface area contributed by atoms with E-state index < -0.39 is 0 Å². The molecule has 9 aromatic carbocycles. The molecule has 0 amide bonds. The molecule has 242 valence electrons. The summed E-state index contributed by atoms with van der Waals surface area (Å²) in [7, 11) is 0. The van der Waals surface area contributed by atoms with Gasteiger partial charge in [-0.2, -0.15) is 0 Å². The highest BCUT2D eigenvalue weighted by atomic mass is 15.0. The fourth-order valence-corrected chi connectivity index (χ4v) is 8.72. The second-order valence-corrected chi connectivity index (χ2v) is 14.4. The third-order valence-corrected chi connectivity index (χ3v) is 10.8. The molecule has 10 aromatic rings. The average Bonchev–Trinajstić information content (AvgIpc) is 3.54. The molecule has 51 heavy (non-hydrogen) atoms. The first-order chi connectivity index (χ1) is 25.2. The van der Waals surface area contributed by atoms with Gasteiger partial charge in [-0.3, -0.25) is 0 Å². The minimum absolute atomic E-state index is 0.528. The van der Waals surface area contributed by atoms with E-state index in [-0.39, 0.29) is 0 Å². The third-order valence-electron chi connectivity index (χ3n) is 10.8. The van der Waals surface area contributed by atoms with Gasteiger partial charge in [0.25, 0.3) is 0 Å². The van der Waals surface area contributed by atoms with Gasteiger partial charge in [0.2, 0.25) is 0 Å². The lowest BCUT2D eigenvalue weighted by Crippen LogP contribution is -2.01. The maximum atomic E-state index is 2.57. The Balaban J connectivity index is 1.27. The molecule has 0 unspecified atom stereocenters. The summed E-state index contributed by atoms with van der Waals surface area (Å²) in [4.78, 5) is 0. The van der Waals surface area contributed by atoms with Gasteiger partial charge in [-0.1, -0.05) is 166 Å². The van der Waals surface area contributed by atoms with E-state index in [0.29, 0.717) is 5.92 Å². The summed E-state index contributed by atoms with van der Waals surface area (Å²) in [6.07, 6.45) is 1.01. The molecular weight excluding hydrogens is 615 g/mol. The Morgan fingerprint density at radius 1 is 0.412 bits per heavy atom. The number of rotatable bonds is 5. The molecule has 0 aliphatic heterocycles. The maximum absolute atomic E-state index is 2.57. The van der Waals surface area contributed by atoms with Crippen molar-refractivity contribution in [2.45, 2.75) is 20.3 Å². The van der Waals surface area contributed by atoms with E-state index in [9.17, 15) is 0 Å². The zero-order valence-corrected chi connectivity index (χ0v) is 28.9. The van der Waals surface area contributed by atoms with Crippen LogP contribution < -0.4 is 0 Å². The van der Waals surface area contributed by atoms with Gasteiger partial charge >= 0.3 is 0 Å². The first kappa shape index (κ1) is 29.7. The number of hydrogen-bond donors (Lipinski definition) is 0. The smallest absolute Gasteiger partial charge is 0.0619 e. The predicted octanol–water partition coefficient (Wildman–Crippen LogP) is 13.9. The first-order valence-corrected chi connectivity index (χ1v) is 18.1. The van der Waals surface area contributed by atoms with Gasteiger partial charge in [-0.25, -0.2) is 0 Å². The van der Waals surface area contributed by atoms with Crippen molar-refractivity contribution in [3.05, 3.63) is 175 Å². The van der Waals surface area contributed by atoms with Crippen molar-refractivity contribution in [1.29, 1.82) is 0 Å². The zero-order valence-electron chi connectivity index (χ0n) is 28.9. The lowest BCUT2D eigenvalue weighted by Gasteiger charge is -2.18. The summed E-state index contributed by atoms with van der Waals surface area (Å²) in [5.41, 5.74) is 10.2. The second-order valence-electron chi connectivity index (χ2n) is 14.4. The largest absolute Gasteiger partial charge is 0.308 e. The average molecular weight is 652 g/mol. The van der Waals surface area contributed by atoms with E-state index in [2.05, 4.69) is 188 Å². The van der Waals surface area contributed by atoms with Crippen molar-refractivity contribution in [2.24, 2.45) is 5.92 Å². The van der Waals surface area contributed by atoms with E-state index >= 15 is 0 Å². The van der Waals surface area contributed by atoms with Crippen LogP contribution in [0.15, 0.2) is 170 Å². The minimum Gasteiger partial charge on any atom is -0.308 e. The lowest BCUT2D eigenvalue weighted by molar-refractivity contribution is 0.649. The first-order valence-electron chi connectivity index (χ1n) is 18.1. The van der Waals surface area contributed by atoms with Crippen LogP contribution in [0.1, 0.15) is 19.4 Å². The fourth-order valence-electron chi connectivity index (χ4n) is 8.72. The summed E-state index contributed by atoms with van der Waals surface area (Å²) in [5, 5.41) is 12.9. The van der Waals surface area contributed by atoms with Crippen LogP contribution in [-0.2, 0) is 6.42 Å². The zero-order chi connectivity index (χ0) is 34.1. The topological polar surface area (TPSA) is 4.93 Å². The summed E-state index contributed by atoms with van der Waals surface area (Å²) in [6, 6.07) is 62.9. The maximum Gasteiger partial charge on any atom is 0.0619 e. The predicted molar refractivity (Wildman–Crippen MR) is 220 cm³/mol. The van der Waals surface area contributed by atoms with Crippen LogP contribution in [0.25, 0.3) is 92.8 Å². The van der Waals surface area contributed by atoms with Gasteiger partial charge in [0.1, 0.15) is 0 Å². The van der Waals surface area contributed by atoms with Gasteiger partial charge < -0.3 is 4.57 Å². The number of aromatic nitrogens is 1. The molecule has 1 heteroatoms. The standard InChI is InChI=1S/C50H37N/c1-32(2)30-37-31-36-17-7-8-18-39(36)48-45-29-26-33-14-6-9-19-40(33)50(45)51(49(37)48)38-27-24-35(25-28-38)47-43-22-12-10-20-41(43)46(34-15-4-3-5-16-34)42-21-11-13-23-44(42)47/h3-29,31-32H,30H2,1-2H3. The summed E-state index contributed by atoms with van der Waals surface area (Å²) in [5.74, 6) is 0.528. The molecule has 1 heterocycles. The molecule has 0 radical (unpaired) electrons. The molecular formula is C50H37N. The monoisotopic (exact) mass is 651 g/mol. The molecule has 0 saturated carbocycles. The van der Waals surface area contributed by atoms with E-state index in [0.717, 1.165) is 6.42 Å². The SMILES string of the molecule is CC(C)Cc1cc2ccccc2c2c3ccc4ccccc4c3n(-c3ccc(-c4c5ccccc5c(-c5ccccc5)c5ccccc45)cc3)c12. The molecule has 0 fully saturated rings. The molecule has 0 bridgehead atoms. The molecule has 1 aromatic heterocycles. The highest BCUT2D eigenvalue weighted by molar-refractivity contribution is 6.27. The van der Waals surface area contributed by atoms with Gasteiger partial charge in [0, 0.05) is 21.8 Å². The lowest BCUT2D eigenvalue weighted by atomic mass is 9.86. The van der Waals surface area contributed by atoms with Gasteiger partial charge in [-0.05, 0) is 96.1 Å². The van der Waals surface area contributed by atoms with E-state index in [4.69, 9.17) is 0 Å². The Labute approximate surface area is 298 Å². The van der Waals surface area contributed by atoms with Crippen LogP contribution in [-0.4, -0.2) is 4.57 Å². The number of fused-ring (bicyclic) bond motifs is 9. The van der Waals surface area contributed by atoms with Crippen molar-refractivity contribution >= 4 is 64.9 Å². The van der Waals surface area contributed by atoms with Crippen molar-refractivity contribution in [3.8, 4) is 27.9 Å². The third kappa shape index (κ3) is 4.62. The van der Waals surface area contributed by atoms with Crippen LogP contribution in [0.2, 0.25) is 0 Å². The van der Waals surface area contributed by atoms with Gasteiger partial charge in [0.15, 0.2) is 0 Å². The molecule has 0 N–H and O–H groups in total. The Hall–Kier alpha value is -6.18. The minimum atomic E-state index is 0.528. The number of nitrogens with zero attached hydrogens (tertiary/aromatic N) is 1. The molecule has 0 aliphatic carbocycles. The fraction of sp³-hybridized carbons (Fsp3) is 0.0800. The van der Waals surface area contributed by atoms with Crippen LogP contribution in [0.4, 0.5) is 0 Å². The Morgan fingerprint density at radius 3 is 1.53 bits per heavy atom. The van der Waals surface area contributed by atoms with Crippen molar-refractivity contribution in [1.82, 2.24) is 4.57 Å². The van der Waals surface area contributed by atoms with Crippen molar-refractivity contribution in [3.63, 3.8) is 0 Å². The highest BCUT2D eigenvalue weighted by Crippen LogP contribution is 2.45. The molecule has 0 aliphatic rings.